The van der Waals surface area contributed by atoms with E-state index in [1.54, 1.807) is 20.8 Å². The van der Waals surface area contributed by atoms with E-state index in [1.807, 2.05) is 0 Å². The molecule has 1 aliphatic heterocycles. The van der Waals surface area contributed by atoms with Gasteiger partial charge in [0.25, 0.3) is 0 Å². The number of halogens is 3. The fraction of sp³-hybridized carbons (Fsp3) is 0.588. The summed E-state index contributed by atoms with van der Waals surface area (Å²) in [5, 5.41) is -0.912. The molecule has 0 aliphatic carbocycles. The van der Waals surface area contributed by atoms with Crippen molar-refractivity contribution >= 4 is 15.9 Å². The van der Waals surface area contributed by atoms with Crippen molar-refractivity contribution in [2.24, 2.45) is 5.92 Å². The van der Waals surface area contributed by atoms with Crippen LogP contribution in [0.4, 0.5) is 18.0 Å². The summed E-state index contributed by atoms with van der Waals surface area (Å²) in [6, 6.07) is 3.72. The number of nitrogens with zero attached hydrogens (tertiary/aromatic N) is 1. The van der Waals surface area contributed by atoms with E-state index in [2.05, 4.69) is 0 Å². The van der Waals surface area contributed by atoms with Gasteiger partial charge in [-0.05, 0) is 45.9 Å². The molecule has 1 saturated heterocycles. The summed E-state index contributed by atoms with van der Waals surface area (Å²) in [4.78, 5) is 12.9. The molecule has 1 aliphatic rings. The van der Waals surface area contributed by atoms with E-state index < -0.39 is 38.5 Å². The van der Waals surface area contributed by atoms with E-state index in [1.165, 1.54) is 11.8 Å². The normalized spacial score (nSPS) is 17.6. The number of alkyl halides is 3. The average molecular weight is 393 g/mol. The first-order valence-corrected chi connectivity index (χ1v) is 9.65. The molecule has 1 aromatic carbocycles. The van der Waals surface area contributed by atoms with Crippen molar-refractivity contribution in [3.63, 3.8) is 0 Å². The Balaban J connectivity index is 2.09. The first-order chi connectivity index (χ1) is 11.7. The molecule has 9 heteroatoms. The molecular weight excluding hydrogens is 371 g/mol. The van der Waals surface area contributed by atoms with Gasteiger partial charge in [0.2, 0.25) is 0 Å². The molecule has 1 heterocycles. The van der Waals surface area contributed by atoms with Crippen LogP contribution in [-0.4, -0.2) is 43.4 Å². The molecule has 1 amide bonds. The Morgan fingerprint density at radius 1 is 1.23 bits per heavy atom. The maximum absolute atomic E-state index is 12.8. The van der Waals surface area contributed by atoms with Crippen LogP contribution in [0.5, 0.6) is 0 Å². The van der Waals surface area contributed by atoms with Crippen LogP contribution in [0.3, 0.4) is 0 Å². The minimum Gasteiger partial charge on any atom is -0.444 e. The van der Waals surface area contributed by atoms with E-state index >= 15 is 0 Å². The maximum atomic E-state index is 12.8. The molecule has 0 saturated carbocycles. The van der Waals surface area contributed by atoms with Gasteiger partial charge in [-0.1, -0.05) is 6.07 Å². The number of rotatable bonds is 3. The molecule has 0 radical (unpaired) electrons. The van der Waals surface area contributed by atoms with Crippen LogP contribution in [0.2, 0.25) is 0 Å². The third-order valence-electron chi connectivity index (χ3n) is 4.20. The number of likely N-dealkylation sites (tertiary alicyclic amines) is 1. The topological polar surface area (TPSA) is 63.7 Å². The van der Waals surface area contributed by atoms with Crippen molar-refractivity contribution in [3.8, 4) is 0 Å². The van der Waals surface area contributed by atoms with Crippen molar-refractivity contribution in [3.05, 3.63) is 29.8 Å². The van der Waals surface area contributed by atoms with Crippen molar-refractivity contribution in [1.82, 2.24) is 4.90 Å². The zero-order chi connectivity index (χ0) is 19.9. The van der Waals surface area contributed by atoms with Gasteiger partial charge in [-0.15, -0.1) is 0 Å². The number of benzene rings is 1. The Hall–Kier alpha value is -1.77. The molecule has 26 heavy (non-hydrogen) atoms. The highest BCUT2D eigenvalue weighted by atomic mass is 32.2. The van der Waals surface area contributed by atoms with Crippen molar-refractivity contribution in [1.29, 1.82) is 0 Å². The van der Waals surface area contributed by atoms with Crippen molar-refractivity contribution < 1.29 is 31.1 Å². The number of hydrogen-bond acceptors (Lipinski definition) is 4. The molecule has 0 spiro atoms. The fourth-order valence-electron chi connectivity index (χ4n) is 2.60. The van der Waals surface area contributed by atoms with Gasteiger partial charge in [0.15, 0.2) is 9.84 Å². The maximum Gasteiger partial charge on any atom is 0.416 e. The van der Waals surface area contributed by atoms with Crippen LogP contribution in [0.25, 0.3) is 0 Å². The summed E-state index contributed by atoms with van der Waals surface area (Å²) < 4.78 is 69.0. The highest BCUT2D eigenvalue weighted by Gasteiger charge is 2.42. The van der Waals surface area contributed by atoms with Gasteiger partial charge in [-0.3, -0.25) is 0 Å². The molecule has 0 N–H and O–H groups in total. The number of amides is 1. The molecule has 1 unspecified atom stereocenters. The number of ether oxygens (including phenoxy) is 1. The minimum absolute atomic E-state index is 0.189. The van der Waals surface area contributed by atoms with Crippen LogP contribution in [0, 0.1) is 5.92 Å². The van der Waals surface area contributed by atoms with Crippen LogP contribution in [0.1, 0.15) is 33.3 Å². The lowest BCUT2D eigenvalue weighted by molar-refractivity contribution is -0.137. The molecule has 1 atom stereocenters. The first-order valence-electron chi connectivity index (χ1n) is 8.11. The minimum atomic E-state index is -4.61. The number of carbonyl (C=O) groups excluding carboxylic acids is 1. The fourth-order valence-corrected chi connectivity index (χ4v) is 4.27. The number of sulfone groups is 1. The third-order valence-corrected chi connectivity index (χ3v) is 6.48. The third kappa shape index (κ3) is 4.49. The Morgan fingerprint density at radius 2 is 1.81 bits per heavy atom. The summed E-state index contributed by atoms with van der Waals surface area (Å²) >= 11 is 0. The molecule has 5 nitrogen and oxygen atoms in total. The highest BCUT2D eigenvalue weighted by Crippen LogP contribution is 2.33. The molecule has 1 fully saturated rings. The second-order valence-electron chi connectivity index (χ2n) is 7.42. The summed E-state index contributed by atoms with van der Waals surface area (Å²) in [6.07, 6.45) is -5.14. The zero-order valence-corrected chi connectivity index (χ0v) is 15.8. The summed E-state index contributed by atoms with van der Waals surface area (Å²) in [6.45, 7) is 7.00. The van der Waals surface area contributed by atoms with Gasteiger partial charge in [0.05, 0.1) is 15.7 Å². The van der Waals surface area contributed by atoms with E-state index in [9.17, 15) is 26.4 Å². The summed E-state index contributed by atoms with van der Waals surface area (Å²) in [5.74, 6) is -0.359. The van der Waals surface area contributed by atoms with E-state index in [0.717, 1.165) is 18.2 Å². The monoisotopic (exact) mass is 393 g/mol. The van der Waals surface area contributed by atoms with Crippen LogP contribution >= 0.6 is 0 Å². The molecule has 0 aromatic heterocycles. The van der Waals surface area contributed by atoms with Crippen LogP contribution in [-0.2, 0) is 20.8 Å². The van der Waals surface area contributed by atoms with Gasteiger partial charge < -0.3 is 9.64 Å². The highest BCUT2D eigenvalue weighted by molar-refractivity contribution is 7.92. The molecule has 0 bridgehead atoms. The lowest BCUT2D eigenvalue weighted by Gasteiger charge is -2.42. The van der Waals surface area contributed by atoms with Crippen LogP contribution < -0.4 is 0 Å². The lowest BCUT2D eigenvalue weighted by atomic mass is 9.97. The summed E-state index contributed by atoms with van der Waals surface area (Å²) in [7, 11) is -3.94. The second kappa shape index (κ2) is 6.75. The number of hydrogen-bond donors (Lipinski definition) is 0. The SMILES string of the molecule is CC(C1CN(C(=O)OC(C)(C)C)C1)S(=O)(=O)c1cccc(C(F)(F)F)c1. The Labute approximate surface area is 151 Å². The van der Waals surface area contributed by atoms with Gasteiger partial charge in [-0.25, -0.2) is 13.2 Å². The van der Waals surface area contributed by atoms with Gasteiger partial charge in [0, 0.05) is 19.0 Å². The Kier molecular flexibility index (Phi) is 5.34. The van der Waals surface area contributed by atoms with Gasteiger partial charge in [0.1, 0.15) is 5.60 Å². The second-order valence-corrected chi connectivity index (χ2v) is 9.73. The van der Waals surface area contributed by atoms with Gasteiger partial charge in [-0.2, -0.15) is 13.2 Å². The first kappa shape index (κ1) is 20.5. The average Bonchev–Trinajstić information content (AvgIpc) is 2.42. The van der Waals surface area contributed by atoms with E-state index in [0.29, 0.717) is 6.07 Å². The van der Waals surface area contributed by atoms with Crippen molar-refractivity contribution in [2.45, 2.75) is 49.6 Å². The predicted octanol–water partition coefficient (Wildman–Crippen LogP) is 3.73. The van der Waals surface area contributed by atoms with E-state index in [4.69, 9.17) is 4.74 Å². The largest absolute Gasteiger partial charge is 0.444 e. The number of carbonyl (C=O) groups is 1. The quantitative estimate of drug-likeness (QED) is 0.785. The molecule has 1 aromatic rings. The molecule has 2 rings (SSSR count). The summed E-state index contributed by atoms with van der Waals surface area (Å²) in [5.41, 5.74) is -1.66. The van der Waals surface area contributed by atoms with Gasteiger partial charge >= 0.3 is 12.3 Å². The van der Waals surface area contributed by atoms with Crippen LogP contribution in [0.15, 0.2) is 29.2 Å². The standard InChI is InChI=1S/C17H22F3NO4S/c1-11(12-9-21(10-12)15(22)25-16(2,3)4)26(23,24)14-7-5-6-13(8-14)17(18,19)20/h5-8,11-12H,9-10H2,1-4H3. The Morgan fingerprint density at radius 3 is 2.31 bits per heavy atom. The molecular formula is C17H22F3NO4S. The van der Waals surface area contributed by atoms with E-state index in [-0.39, 0.29) is 23.9 Å². The molecule has 146 valence electrons. The lowest BCUT2D eigenvalue weighted by Crippen LogP contribution is -2.56. The predicted molar refractivity (Wildman–Crippen MR) is 89.4 cm³/mol. The van der Waals surface area contributed by atoms with Crippen molar-refractivity contribution in [2.75, 3.05) is 13.1 Å². The zero-order valence-electron chi connectivity index (χ0n) is 15.0. The Bertz CT molecular complexity index is 778. The smallest absolute Gasteiger partial charge is 0.416 e.